The summed E-state index contributed by atoms with van der Waals surface area (Å²) >= 11 is 0. The van der Waals surface area contributed by atoms with Crippen LogP contribution < -0.4 is 16.4 Å². The smallest absolute Gasteiger partial charge is 0.119 e. The summed E-state index contributed by atoms with van der Waals surface area (Å²) in [6.45, 7) is 0. The lowest BCUT2D eigenvalue weighted by Crippen LogP contribution is -2.07. The van der Waals surface area contributed by atoms with Crippen LogP contribution in [0.5, 0.6) is 5.75 Å². The highest BCUT2D eigenvalue weighted by Crippen LogP contribution is 2.12. The van der Waals surface area contributed by atoms with Crippen molar-refractivity contribution in [2.45, 2.75) is 0 Å². The summed E-state index contributed by atoms with van der Waals surface area (Å²) in [7, 11) is 1.59. The van der Waals surface area contributed by atoms with E-state index < -0.39 is 0 Å². The van der Waals surface area contributed by atoms with E-state index in [0.29, 0.717) is 5.71 Å². The predicted molar refractivity (Wildman–Crippen MR) is 56.4 cm³/mol. The van der Waals surface area contributed by atoms with Crippen LogP contribution in [0.15, 0.2) is 34.5 Å². The maximum atomic E-state index is 5.18. The summed E-state index contributed by atoms with van der Waals surface area (Å²) in [4.78, 5) is 0. The van der Waals surface area contributed by atoms with Crippen LogP contribution in [0.2, 0.25) is 0 Å². The zero-order valence-corrected chi connectivity index (χ0v) is 7.84. The fraction of sp³-hybridized carbons (Fsp3) is 0.111. The molecule has 0 fully saturated rings. The van der Waals surface area contributed by atoms with Gasteiger partial charge in [0.15, 0.2) is 0 Å². The van der Waals surface area contributed by atoms with Crippen molar-refractivity contribution >= 4 is 11.9 Å². The van der Waals surface area contributed by atoms with Crippen LogP contribution in [0.4, 0.5) is 0 Å². The topological polar surface area (TPSA) is 86.0 Å². The number of methoxy groups -OCH3 is 1. The minimum Gasteiger partial charge on any atom is -0.497 e. The molecule has 0 aliphatic heterocycles. The van der Waals surface area contributed by atoms with Gasteiger partial charge in [0.25, 0.3) is 0 Å². The number of benzene rings is 1. The molecule has 0 bridgehead atoms. The standard InChI is InChI=1S/C9H12N4O/c1-14-8-4-2-3-7(5-8)9(13-11)6-12-10/h2-6H,10-11H2,1H3. The molecule has 0 aliphatic carbocycles. The highest BCUT2D eigenvalue weighted by atomic mass is 16.5. The fourth-order valence-corrected chi connectivity index (χ4v) is 1.04. The molecule has 0 spiro atoms. The van der Waals surface area contributed by atoms with Gasteiger partial charge in [0.2, 0.25) is 0 Å². The van der Waals surface area contributed by atoms with Gasteiger partial charge in [0.05, 0.1) is 13.3 Å². The molecular weight excluding hydrogens is 180 g/mol. The van der Waals surface area contributed by atoms with Crippen LogP contribution >= 0.6 is 0 Å². The lowest BCUT2D eigenvalue weighted by atomic mass is 10.1. The quantitative estimate of drug-likeness (QED) is 0.410. The first-order chi connectivity index (χ1) is 6.81. The molecule has 1 rings (SSSR count). The first-order valence-corrected chi connectivity index (χ1v) is 3.97. The Hall–Kier alpha value is -2.04. The molecular formula is C9H12N4O. The molecule has 4 N–H and O–H groups in total. The molecule has 0 aliphatic rings. The Bertz CT molecular complexity index is 360. The van der Waals surface area contributed by atoms with E-state index >= 15 is 0 Å². The normalized spacial score (nSPS) is 11.9. The molecule has 0 saturated carbocycles. The van der Waals surface area contributed by atoms with Gasteiger partial charge in [0.1, 0.15) is 11.5 Å². The molecule has 14 heavy (non-hydrogen) atoms. The van der Waals surface area contributed by atoms with E-state index in [-0.39, 0.29) is 0 Å². The van der Waals surface area contributed by atoms with Gasteiger partial charge >= 0.3 is 0 Å². The van der Waals surface area contributed by atoms with Gasteiger partial charge in [-0.15, -0.1) is 0 Å². The molecule has 1 aromatic carbocycles. The molecule has 1 aromatic rings. The van der Waals surface area contributed by atoms with Gasteiger partial charge in [-0.3, -0.25) is 0 Å². The average molecular weight is 192 g/mol. The maximum Gasteiger partial charge on any atom is 0.119 e. The Labute approximate surface area is 82.1 Å². The molecule has 5 heteroatoms. The minimum atomic E-state index is 0.506. The van der Waals surface area contributed by atoms with Crippen molar-refractivity contribution in [2.24, 2.45) is 21.9 Å². The van der Waals surface area contributed by atoms with E-state index in [2.05, 4.69) is 10.2 Å². The maximum absolute atomic E-state index is 5.18. The number of hydrogen-bond acceptors (Lipinski definition) is 5. The van der Waals surface area contributed by atoms with Crippen LogP contribution in [-0.2, 0) is 0 Å². The summed E-state index contributed by atoms with van der Waals surface area (Å²) in [5, 5.41) is 6.92. The lowest BCUT2D eigenvalue weighted by molar-refractivity contribution is 0.414. The van der Waals surface area contributed by atoms with Crippen LogP contribution in [0.25, 0.3) is 0 Å². The first-order valence-electron chi connectivity index (χ1n) is 3.97. The van der Waals surface area contributed by atoms with E-state index in [9.17, 15) is 0 Å². The second-order valence-electron chi connectivity index (χ2n) is 2.52. The Morgan fingerprint density at radius 1 is 1.43 bits per heavy atom. The van der Waals surface area contributed by atoms with Crippen molar-refractivity contribution in [1.82, 2.24) is 0 Å². The van der Waals surface area contributed by atoms with Gasteiger partial charge in [-0.2, -0.15) is 10.2 Å². The third-order valence-electron chi connectivity index (χ3n) is 1.70. The summed E-state index contributed by atoms with van der Waals surface area (Å²) in [6.07, 6.45) is 1.38. The molecule has 0 amide bonds. The second-order valence-corrected chi connectivity index (χ2v) is 2.52. The van der Waals surface area contributed by atoms with Crippen LogP contribution in [0.3, 0.4) is 0 Å². The van der Waals surface area contributed by atoms with Gasteiger partial charge in [-0.25, -0.2) is 0 Å². The summed E-state index contributed by atoms with van der Waals surface area (Å²) < 4.78 is 5.06. The Morgan fingerprint density at radius 3 is 2.79 bits per heavy atom. The number of nitrogens with two attached hydrogens (primary N) is 2. The lowest BCUT2D eigenvalue weighted by Gasteiger charge is -2.02. The van der Waals surface area contributed by atoms with E-state index in [0.717, 1.165) is 11.3 Å². The minimum absolute atomic E-state index is 0.506. The fourth-order valence-electron chi connectivity index (χ4n) is 1.04. The van der Waals surface area contributed by atoms with E-state index in [1.54, 1.807) is 13.2 Å². The van der Waals surface area contributed by atoms with Crippen LogP contribution in [-0.4, -0.2) is 19.0 Å². The van der Waals surface area contributed by atoms with Crippen LogP contribution in [0, 0.1) is 0 Å². The molecule has 0 atom stereocenters. The molecule has 0 radical (unpaired) electrons. The number of hydrazone groups is 2. The molecule has 5 nitrogen and oxygen atoms in total. The van der Waals surface area contributed by atoms with E-state index in [1.165, 1.54) is 6.21 Å². The first kappa shape index (κ1) is 10.0. The number of hydrogen-bond donors (Lipinski definition) is 2. The zero-order chi connectivity index (χ0) is 10.4. The monoisotopic (exact) mass is 192 g/mol. The predicted octanol–water partition coefficient (Wildman–Crippen LogP) is 0.302. The molecule has 0 aromatic heterocycles. The average Bonchev–Trinajstić information content (AvgIpc) is 2.26. The number of rotatable bonds is 3. The summed E-state index contributed by atoms with van der Waals surface area (Å²) in [5.74, 6) is 10.9. The van der Waals surface area contributed by atoms with Crippen LogP contribution in [0.1, 0.15) is 5.56 Å². The highest BCUT2D eigenvalue weighted by molar-refractivity contribution is 6.38. The van der Waals surface area contributed by atoms with Crippen molar-refractivity contribution in [3.05, 3.63) is 29.8 Å². The highest BCUT2D eigenvalue weighted by Gasteiger charge is 2.01. The van der Waals surface area contributed by atoms with E-state index in [4.69, 9.17) is 16.4 Å². The van der Waals surface area contributed by atoms with Gasteiger partial charge in [-0.05, 0) is 12.1 Å². The third-order valence-corrected chi connectivity index (χ3v) is 1.70. The van der Waals surface area contributed by atoms with Crippen molar-refractivity contribution in [3.8, 4) is 5.75 Å². The third kappa shape index (κ3) is 2.22. The van der Waals surface area contributed by atoms with Gasteiger partial charge < -0.3 is 16.4 Å². The zero-order valence-electron chi connectivity index (χ0n) is 7.84. The molecule has 0 saturated heterocycles. The molecule has 0 heterocycles. The van der Waals surface area contributed by atoms with Gasteiger partial charge in [-0.1, -0.05) is 12.1 Å². The van der Waals surface area contributed by atoms with Gasteiger partial charge in [0, 0.05) is 5.56 Å². The largest absolute Gasteiger partial charge is 0.497 e. The molecule has 74 valence electrons. The van der Waals surface area contributed by atoms with E-state index in [1.807, 2.05) is 18.2 Å². The van der Waals surface area contributed by atoms with Crippen molar-refractivity contribution in [1.29, 1.82) is 0 Å². The van der Waals surface area contributed by atoms with Crippen molar-refractivity contribution < 1.29 is 4.74 Å². The van der Waals surface area contributed by atoms with Crippen molar-refractivity contribution in [3.63, 3.8) is 0 Å². The Kier molecular flexibility index (Phi) is 3.49. The summed E-state index contributed by atoms with van der Waals surface area (Å²) in [5.41, 5.74) is 1.31. The Morgan fingerprint density at radius 2 is 2.21 bits per heavy atom. The number of nitrogens with zero attached hydrogens (tertiary/aromatic N) is 2. The number of ether oxygens (including phenoxy) is 1. The second kappa shape index (κ2) is 4.86. The van der Waals surface area contributed by atoms with Crippen molar-refractivity contribution in [2.75, 3.05) is 7.11 Å². The SMILES string of the molecule is COc1cccc(C(C=NN)=NN)c1. The summed E-state index contributed by atoms with van der Waals surface area (Å²) in [6, 6.07) is 7.31. The Balaban J connectivity index is 3.05. The molecule has 0 unspecified atom stereocenters.